The highest BCUT2D eigenvalue weighted by Gasteiger charge is 2.48. The van der Waals surface area contributed by atoms with Crippen molar-refractivity contribution in [3.63, 3.8) is 0 Å². The van der Waals surface area contributed by atoms with Crippen molar-refractivity contribution in [3.8, 4) is 0 Å². The van der Waals surface area contributed by atoms with E-state index >= 15 is 0 Å². The molecule has 1 rings (SSSR count). The molecule has 0 N–H and O–H groups in total. The quantitative estimate of drug-likeness (QED) is 0.474. The van der Waals surface area contributed by atoms with Crippen LogP contribution in [0.15, 0.2) is 30.3 Å². The molecule has 0 aliphatic heterocycles. The molecule has 25 heavy (non-hydrogen) atoms. The Kier molecular flexibility index (Phi) is 6.86. The maximum Gasteiger partial charge on any atom is 0.0434 e. The Morgan fingerprint density at radius 2 is 0.800 bits per heavy atom. The minimum Gasteiger partial charge on any atom is -0.327 e. The lowest BCUT2D eigenvalue weighted by Crippen LogP contribution is -2.40. The number of para-hydroxylation sites is 1. The van der Waals surface area contributed by atoms with Gasteiger partial charge in [-0.1, -0.05) is 101 Å². The summed E-state index contributed by atoms with van der Waals surface area (Å²) in [6, 6.07) is 11.2. The molecule has 0 saturated heterocycles. The predicted molar refractivity (Wildman–Crippen MR) is 122 cm³/mol. The fraction of sp³-hybridized carbons (Fsp3) is 0.727. The topological polar surface area (TPSA) is 3.24 Å². The van der Waals surface area contributed by atoms with Crippen molar-refractivity contribution in [1.82, 2.24) is 0 Å². The molecule has 0 spiro atoms. The summed E-state index contributed by atoms with van der Waals surface area (Å²) in [4.78, 5) is 0. The molecular weight excluding hydrogens is 340 g/mol. The maximum atomic E-state index is 2.88. The summed E-state index contributed by atoms with van der Waals surface area (Å²) < 4.78 is 2.88. The van der Waals surface area contributed by atoms with Crippen LogP contribution in [-0.4, -0.2) is 20.6 Å². The minimum atomic E-state index is -0.388. The first-order valence-corrected chi connectivity index (χ1v) is 12.0. The van der Waals surface area contributed by atoms with Gasteiger partial charge in [0.25, 0.3) is 0 Å². The molecule has 0 atom stereocenters. The van der Waals surface area contributed by atoms with Gasteiger partial charge in [0.15, 0.2) is 0 Å². The number of benzene rings is 1. The van der Waals surface area contributed by atoms with E-state index < -0.39 is 0 Å². The zero-order chi connectivity index (χ0) is 19.8. The Bertz CT molecular complexity index is 479. The van der Waals surface area contributed by atoms with Crippen molar-refractivity contribution in [2.45, 2.75) is 104 Å². The van der Waals surface area contributed by atoms with Crippen LogP contribution in [0.5, 0.6) is 0 Å². The van der Waals surface area contributed by atoms with Crippen LogP contribution in [0.2, 0.25) is 0 Å². The Morgan fingerprint density at radius 1 is 0.520 bits per heavy atom. The van der Waals surface area contributed by atoms with Crippen LogP contribution < -0.4 is 4.44 Å². The second kappa shape index (κ2) is 7.48. The molecule has 0 radical (unpaired) electrons. The first-order chi connectivity index (χ1) is 11.0. The van der Waals surface area contributed by atoms with E-state index in [-0.39, 0.29) is 36.8 Å². The molecule has 0 heterocycles. The Balaban J connectivity index is 3.75. The van der Waals surface area contributed by atoms with E-state index in [1.807, 2.05) is 0 Å². The third-order valence-electron chi connectivity index (χ3n) is 3.91. The lowest BCUT2D eigenvalue weighted by molar-refractivity contribution is 0.689. The van der Waals surface area contributed by atoms with E-state index in [0.29, 0.717) is 0 Å². The lowest BCUT2D eigenvalue weighted by atomic mass is 10.2. The van der Waals surface area contributed by atoms with Crippen LogP contribution in [-0.2, 0) is 0 Å². The van der Waals surface area contributed by atoms with E-state index in [2.05, 4.69) is 118 Å². The van der Waals surface area contributed by atoms with E-state index in [1.165, 1.54) is 5.69 Å². The molecule has 1 nitrogen and oxygen atoms in total. The third kappa shape index (κ3) is 5.94. The summed E-state index contributed by atoms with van der Waals surface area (Å²) in [6.07, 6.45) is 0. The summed E-state index contributed by atoms with van der Waals surface area (Å²) >= 11 is 0. The summed E-state index contributed by atoms with van der Waals surface area (Å²) in [5.41, 5.74) is 1.40. The van der Waals surface area contributed by atoms with Gasteiger partial charge in [0, 0.05) is 42.5 Å². The van der Waals surface area contributed by atoms with Gasteiger partial charge in [-0.2, -0.15) is 0 Å². The number of nitrogens with zero attached hydrogens (tertiary/aromatic N) is 1. The van der Waals surface area contributed by atoms with Crippen molar-refractivity contribution < 1.29 is 0 Å². The first kappa shape index (κ1) is 22.9. The summed E-state index contributed by atoms with van der Waals surface area (Å²) in [5.74, 6) is 0. The van der Waals surface area contributed by atoms with Crippen LogP contribution in [0.1, 0.15) is 83.1 Å². The fourth-order valence-corrected chi connectivity index (χ4v) is 15.0. The standard InChI is InChI=1S/C22H41NP2/c1-19(2,3)24(20(4,5)6)23(18-16-14-13-15-17-18)25(21(7,8)9)22(10,11)12/h13-17H,1-12H3. The molecule has 3 heteroatoms. The van der Waals surface area contributed by atoms with Gasteiger partial charge in [-0.25, -0.2) is 0 Å². The van der Waals surface area contributed by atoms with E-state index in [1.54, 1.807) is 0 Å². The molecular formula is C22H41NP2. The average Bonchev–Trinajstić information content (AvgIpc) is 2.32. The maximum absolute atomic E-state index is 2.88. The second-order valence-corrected chi connectivity index (χ2v) is 18.7. The highest BCUT2D eigenvalue weighted by Crippen LogP contribution is 2.76. The van der Waals surface area contributed by atoms with Crippen LogP contribution in [0, 0.1) is 0 Å². The van der Waals surface area contributed by atoms with Crippen LogP contribution in [0.3, 0.4) is 0 Å². The highest BCUT2D eigenvalue weighted by molar-refractivity contribution is 7.80. The lowest BCUT2D eigenvalue weighted by Gasteiger charge is -2.57. The van der Waals surface area contributed by atoms with Gasteiger partial charge in [0.2, 0.25) is 0 Å². The van der Waals surface area contributed by atoms with Crippen molar-refractivity contribution >= 4 is 21.8 Å². The molecule has 0 amide bonds. The normalized spacial score (nSPS) is 14.3. The summed E-state index contributed by atoms with van der Waals surface area (Å²) in [5, 5.41) is 1.00. The molecule has 0 aliphatic rings. The van der Waals surface area contributed by atoms with Gasteiger partial charge < -0.3 is 4.44 Å². The Morgan fingerprint density at radius 3 is 1.04 bits per heavy atom. The second-order valence-electron chi connectivity index (χ2n) is 10.9. The van der Waals surface area contributed by atoms with Gasteiger partial charge in [-0.15, -0.1) is 0 Å². The smallest absolute Gasteiger partial charge is 0.0434 e. The Hall–Kier alpha value is -0.120. The number of hydrogen-bond donors (Lipinski definition) is 0. The van der Waals surface area contributed by atoms with Crippen LogP contribution in [0.4, 0.5) is 5.69 Å². The van der Waals surface area contributed by atoms with Crippen molar-refractivity contribution in [1.29, 1.82) is 0 Å². The first-order valence-electron chi connectivity index (χ1n) is 9.43. The third-order valence-corrected chi connectivity index (χ3v) is 11.3. The summed E-state index contributed by atoms with van der Waals surface area (Å²) in [6.45, 7) is 29.2. The average molecular weight is 382 g/mol. The molecule has 0 aliphatic carbocycles. The van der Waals surface area contributed by atoms with Crippen LogP contribution in [0.25, 0.3) is 0 Å². The minimum absolute atomic E-state index is 0.251. The van der Waals surface area contributed by atoms with Gasteiger partial charge in [0.1, 0.15) is 0 Å². The molecule has 1 aromatic rings. The van der Waals surface area contributed by atoms with Gasteiger partial charge in [0.05, 0.1) is 0 Å². The SMILES string of the molecule is CC(C)(C)P(N(c1ccccc1)P(C(C)(C)C)C(C)(C)C)C(C)(C)C. The van der Waals surface area contributed by atoms with Gasteiger partial charge in [-0.3, -0.25) is 0 Å². The molecule has 144 valence electrons. The van der Waals surface area contributed by atoms with E-state index in [0.717, 1.165) is 0 Å². The van der Waals surface area contributed by atoms with Crippen molar-refractivity contribution in [2.24, 2.45) is 0 Å². The van der Waals surface area contributed by atoms with Gasteiger partial charge in [-0.05, 0) is 12.1 Å². The number of hydrogen-bond acceptors (Lipinski definition) is 1. The largest absolute Gasteiger partial charge is 0.327 e. The zero-order valence-electron chi connectivity index (χ0n) is 18.7. The molecule has 0 aromatic heterocycles. The molecule has 0 fully saturated rings. The van der Waals surface area contributed by atoms with E-state index in [4.69, 9.17) is 0 Å². The predicted octanol–water partition coefficient (Wildman–Crippen LogP) is 8.48. The van der Waals surface area contributed by atoms with Gasteiger partial charge >= 0.3 is 0 Å². The monoisotopic (exact) mass is 381 g/mol. The number of rotatable bonds is 3. The Labute approximate surface area is 160 Å². The highest BCUT2D eigenvalue weighted by atomic mass is 31.2. The van der Waals surface area contributed by atoms with Crippen molar-refractivity contribution in [3.05, 3.63) is 30.3 Å². The number of anilines is 1. The van der Waals surface area contributed by atoms with E-state index in [9.17, 15) is 0 Å². The zero-order valence-corrected chi connectivity index (χ0v) is 20.5. The van der Waals surface area contributed by atoms with Crippen molar-refractivity contribution in [2.75, 3.05) is 4.44 Å². The summed E-state index contributed by atoms with van der Waals surface area (Å²) in [7, 11) is -0.776. The molecule has 0 unspecified atom stereocenters. The fourth-order valence-electron chi connectivity index (χ4n) is 4.03. The molecule has 0 bridgehead atoms. The van der Waals surface area contributed by atoms with Crippen LogP contribution >= 0.6 is 16.1 Å². The molecule has 1 aromatic carbocycles. The molecule has 0 saturated carbocycles.